The second kappa shape index (κ2) is 9.11. The molecule has 5 rings (SSSR count). The molecule has 0 atom stereocenters. The van der Waals surface area contributed by atoms with Gasteiger partial charge in [0.15, 0.2) is 5.76 Å². The van der Waals surface area contributed by atoms with Gasteiger partial charge in [-0.2, -0.15) is 0 Å². The fourth-order valence-corrected chi connectivity index (χ4v) is 4.18. The number of furan rings is 1. The van der Waals surface area contributed by atoms with Crippen LogP contribution in [-0.2, 0) is 6.54 Å². The van der Waals surface area contributed by atoms with Gasteiger partial charge in [-0.25, -0.2) is 9.97 Å². The quantitative estimate of drug-likeness (QED) is 0.355. The number of H-pyrrole nitrogens is 1. The number of nitrogens with zero attached hydrogens (tertiary/aromatic N) is 3. The maximum atomic E-state index is 13.8. The van der Waals surface area contributed by atoms with Crippen LogP contribution >= 0.6 is 11.6 Å². The van der Waals surface area contributed by atoms with Crippen molar-refractivity contribution in [1.29, 1.82) is 0 Å². The first kappa shape index (κ1) is 21.9. The van der Waals surface area contributed by atoms with E-state index in [1.54, 1.807) is 41.5 Å². The van der Waals surface area contributed by atoms with Crippen molar-refractivity contribution < 1.29 is 9.21 Å². The molecule has 0 aliphatic rings. The van der Waals surface area contributed by atoms with Crippen LogP contribution in [0, 0.1) is 0 Å². The van der Waals surface area contributed by atoms with E-state index >= 15 is 0 Å². The third kappa shape index (κ3) is 4.18. The Balaban J connectivity index is 1.57. The van der Waals surface area contributed by atoms with Gasteiger partial charge in [0.25, 0.3) is 11.5 Å². The van der Waals surface area contributed by atoms with Gasteiger partial charge in [-0.15, -0.1) is 0 Å². The summed E-state index contributed by atoms with van der Waals surface area (Å²) in [7, 11) is 0. The summed E-state index contributed by atoms with van der Waals surface area (Å²) in [5.74, 6) is 0.799. The van der Waals surface area contributed by atoms with Crippen molar-refractivity contribution >= 4 is 39.3 Å². The number of hydrogen-bond donors (Lipinski definition) is 1. The highest BCUT2D eigenvalue weighted by Gasteiger charge is 2.21. The highest BCUT2D eigenvalue weighted by atomic mass is 35.5. The number of pyridine rings is 1. The Morgan fingerprint density at radius 2 is 1.88 bits per heavy atom. The van der Waals surface area contributed by atoms with Crippen LogP contribution in [0.4, 0.5) is 0 Å². The Morgan fingerprint density at radius 3 is 2.68 bits per heavy atom. The number of rotatable bonds is 6. The minimum Gasteiger partial charge on any atom is -0.463 e. The van der Waals surface area contributed by atoms with Crippen molar-refractivity contribution in [2.24, 2.45) is 0 Å². The Bertz CT molecular complexity index is 1560. The third-order valence-electron chi connectivity index (χ3n) is 5.56. The van der Waals surface area contributed by atoms with E-state index in [4.69, 9.17) is 16.0 Å². The van der Waals surface area contributed by atoms with Crippen molar-refractivity contribution in [3.05, 3.63) is 93.7 Å². The number of fused-ring (bicyclic) bond motifs is 2. The lowest BCUT2D eigenvalue weighted by Crippen LogP contribution is -2.33. The van der Waals surface area contributed by atoms with Gasteiger partial charge in [0.1, 0.15) is 11.5 Å². The molecule has 2 aromatic carbocycles. The van der Waals surface area contributed by atoms with E-state index < -0.39 is 0 Å². The van der Waals surface area contributed by atoms with E-state index in [1.807, 2.05) is 37.3 Å². The minimum absolute atomic E-state index is 0.150. The molecule has 0 saturated carbocycles. The van der Waals surface area contributed by atoms with Crippen LogP contribution in [0.3, 0.4) is 0 Å². The average Bonchev–Trinajstić information content (AvgIpc) is 3.37. The fraction of sp³-hybridized carbons (Fsp3) is 0.154. The molecule has 0 fully saturated rings. The van der Waals surface area contributed by atoms with Crippen molar-refractivity contribution in [3.8, 4) is 11.5 Å². The maximum absolute atomic E-state index is 13.8. The summed E-state index contributed by atoms with van der Waals surface area (Å²) in [6.07, 6.45) is 2.31. The zero-order valence-electron chi connectivity index (χ0n) is 18.4. The number of aromatic nitrogens is 3. The second-order valence-corrected chi connectivity index (χ2v) is 8.39. The molecule has 0 saturated heterocycles. The van der Waals surface area contributed by atoms with E-state index in [0.717, 1.165) is 11.8 Å². The summed E-state index contributed by atoms with van der Waals surface area (Å²) in [6.45, 7) is 2.63. The lowest BCUT2D eigenvalue weighted by molar-refractivity contribution is 0.0741. The Labute approximate surface area is 200 Å². The van der Waals surface area contributed by atoms with Crippen molar-refractivity contribution in [2.75, 3.05) is 6.54 Å². The first-order chi connectivity index (χ1) is 16.5. The molecule has 7 nitrogen and oxygen atoms in total. The fourth-order valence-electron chi connectivity index (χ4n) is 4.01. The molecule has 0 radical (unpaired) electrons. The van der Waals surface area contributed by atoms with Crippen LogP contribution in [0.25, 0.3) is 33.3 Å². The van der Waals surface area contributed by atoms with Crippen LogP contribution in [0.5, 0.6) is 0 Å². The molecular formula is C26H21ClN4O3. The Morgan fingerprint density at radius 1 is 1.03 bits per heavy atom. The molecule has 0 unspecified atom stereocenters. The van der Waals surface area contributed by atoms with Crippen molar-refractivity contribution in [2.45, 2.75) is 19.9 Å². The van der Waals surface area contributed by atoms with Crippen molar-refractivity contribution in [3.63, 3.8) is 0 Å². The number of halogens is 1. The van der Waals surface area contributed by atoms with Gasteiger partial charge in [-0.3, -0.25) is 9.59 Å². The summed E-state index contributed by atoms with van der Waals surface area (Å²) >= 11 is 6.09. The van der Waals surface area contributed by atoms with Gasteiger partial charge in [0, 0.05) is 17.0 Å². The van der Waals surface area contributed by atoms with Crippen LogP contribution in [0.15, 0.2) is 76.1 Å². The summed E-state index contributed by atoms with van der Waals surface area (Å²) in [4.78, 5) is 40.1. The molecule has 0 bridgehead atoms. The monoisotopic (exact) mass is 472 g/mol. The number of carbonyl (C=O) groups is 1. The normalized spacial score (nSPS) is 11.2. The molecule has 0 aliphatic carbocycles. The van der Waals surface area contributed by atoms with E-state index in [2.05, 4.69) is 15.0 Å². The number of para-hydroxylation sites is 1. The number of hydrogen-bond acceptors (Lipinski definition) is 5. The summed E-state index contributed by atoms with van der Waals surface area (Å²) in [6, 6.07) is 17.8. The number of amides is 1. The number of nitrogens with one attached hydrogen (secondary N) is 1. The molecule has 0 aliphatic heterocycles. The van der Waals surface area contributed by atoms with Crippen LogP contribution < -0.4 is 5.56 Å². The predicted molar refractivity (Wildman–Crippen MR) is 132 cm³/mol. The second-order valence-electron chi connectivity index (χ2n) is 7.95. The highest BCUT2D eigenvalue weighted by molar-refractivity contribution is 6.31. The van der Waals surface area contributed by atoms with Gasteiger partial charge in [0.05, 0.1) is 34.8 Å². The standard InChI is InChI=1S/C26H21ClN4O3/c1-2-11-31(15-24-29-21-13-16(27)9-10-18(21)25(32)30-24)26(33)19-14-22(23-8-5-12-34-23)28-20-7-4-3-6-17(19)20/h3-10,12-14H,2,11,15H2,1H3,(H,29,30,32). The third-order valence-corrected chi connectivity index (χ3v) is 5.79. The van der Waals surface area contributed by atoms with E-state index in [-0.39, 0.29) is 18.0 Å². The maximum Gasteiger partial charge on any atom is 0.258 e. The molecule has 3 heterocycles. The molecule has 8 heteroatoms. The summed E-state index contributed by atoms with van der Waals surface area (Å²) in [5, 5.41) is 1.69. The van der Waals surface area contributed by atoms with Gasteiger partial charge < -0.3 is 14.3 Å². The van der Waals surface area contributed by atoms with Crippen LogP contribution in [0.1, 0.15) is 29.5 Å². The molecule has 3 aromatic heterocycles. The molecule has 1 amide bonds. The van der Waals surface area contributed by atoms with Gasteiger partial charge >= 0.3 is 0 Å². The molecule has 170 valence electrons. The van der Waals surface area contributed by atoms with E-state index in [9.17, 15) is 9.59 Å². The van der Waals surface area contributed by atoms with Gasteiger partial charge in [-0.1, -0.05) is 36.7 Å². The minimum atomic E-state index is -0.268. The van der Waals surface area contributed by atoms with E-state index in [1.165, 1.54) is 0 Å². The highest BCUT2D eigenvalue weighted by Crippen LogP contribution is 2.26. The number of benzene rings is 2. The SMILES string of the molecule is CCCN(Cc1nc2cc(Cl)ccc2c(=O)[nH]1)C(=O)c1cc(-c2ccco2)nc2ccccc12. The molecular weight excluding hydrogens is 452 g/mol. The molecule has 5 aromatic rings. The lowest BCUT2D eigenvalue weighted by atomic mass is 10.1. The first-order valence-corrected chi connectivity index (χ1v) is 11.3. The van der Waals surface area contributed by atoms with E-state index in [0.29, 0.717) is 50.8 Å². The van der Waals surface area contributed by atoms with Gasteiger partial charge in [0.2, 0.25) is 0 Å². The smallest absolute Gasteiger partial charge is 0.258 e. The summed E-state index contributed by atoms with van der Waals surface area (Å²) in [5.41, 5.74) is 2.01. The summed E-state index contributed by atoms with van der Waals surface area (Å²) < 4.78 is 5.52. The van der Waals surface area contributed by atoms with Crippen molar-refractivity contribution in [1.82, 2.24) is 19.9 Å². The largest absolute Gasteiger partial charge is 0.463 e. The zero-order chi connectivity index (χ0) is 23.7. The number of aromatic amines is 1. The molecule has 0 spiro atoms. The zero-order valence-corrected chi connectivity index (χ0v) is 19.2. The van der Waals surface area contributed by atoms with Gasteiger partial charge in [-0.05, 0) is 48.9 Å². The topological polar surface area (TPSA) is 92.1 Å². The predicted octanol–water partition coefficient (Wildman–Crippen LogP) is 5.44. The lowest BCUT2D eigenvalue weighted by Gasteiger charge is -2.23. The molecule has 1 N–H and O–H groups in total. The molecule has 34 heavy (non-hydrogen) atoms. The van der Waals surface area contributed by atoms with Crippen LogP contribution in [0.2, 0.25) is 5.02 Å². The average molecular weight is 473 g/mol. The number of carbonyl (C=O) groups excluding carboxylic acids is 1. The Hall–Kier alpha value is -3.97. The Kier molecular flexibility index (Phi) is 5.86. The van der Waals surface area contributed by atoms with Crippen LogP contribution in [-0.4, -0.2) is 32.3 Å². The first-order valence-electron chi connectivity index (χ1n) is 10.9.